The number of hydrogen-bond donors (Lipinski definition) is 1. The topological polar surface area (TPSA) is 73.6 Å². The lowest BCUT2D eigenvalue weighted by molar-refractivity contribution is 0.112. The predicted octanol–water partition coefficient (Wildman–Crippen LogP) is 1.83. The smallest absolute Gasteiger partial charge is 0.228 e. The van der Waals surface area contributed by atoms with E-state index in [1.165, 1.54) is 11.8 Å². The van der Waals surface area contributed by atoms with Crippen LogP contribution in [-0.2, 0) is 13.7 Å². The Morgan fingerprint density at radius 1 is 1.40 bits per heavy atom. The molecule has 0 fully saturated rings. The second-order valence-corrected chi connectivity index (χ2v) is 4.29. The molecule has 0 bridgehead atoms. The molecule has 2 rings (SSSR count). The number of methoxy groups -OCH3 is 1. The lowest BCUT2D eigenvalue weighted by Gasteiger charge is -2.11. The lowest BCUT2D eigenvalue weighted by Crippen LogP contribution is -1.99. The molecule has 0 saturated carbocycles. The second-order valence-electron chi connectivity index (χ2n) is 4.29. The van der Waals surface area contributed by atoms with Crippen molar-refractivity contribution in [2.75, 3.05) is 7.11 Å². The molecule has 0 aliphatic rings. The molecule has 0 spiro atoms. The summed E-state index contributed by atoms with van der Waals surface area (Å²) in [5.41, 5.74) is 1.72. The van der Waals surface area contributed by atoms with Crippen molar-refractivity contribution in [3.05, 3.63) is 35.0 Å². The molecule has 0 aliphatic heterocycles. The summed E-state index contributed by atoms with van der Waals surface area (Å²) in [4.78, 5) is 11.1. The minimum Gasteiger partial charge on any atom is -0.493 e. The molecule has 0 radical (unpaired) electrons. The standard InChI is InChI=1S/C14H16N2O4/c1-9-11(8-18)14(16(2)15-9)20-12-5-4-10(7-17)6-13(12)19-3/h4-6,8,17H,7H2,1-3H3. The number of aryl methyl sites for hydroxylation is 2. The second kappa shape index (κ2) is 5.75. The molecule has 1 N–H and O–H groups in total. The summed E-state index contributed by atoms with van der Waals surface area (Å²) in [6.45, 7) is 1.66. The van der Waals surface area contributed by atoms with Gasteiger partial charge < -0.3 is 14.6 Å². The molecule has 106 valence electrons. The number of aliphatic hydroxyl groups is 1. The zero-order valence-corrected chi connectivity index (χ0v) is 11.6. The summed E-state index contributed by atoms with van der Waals surface area (Å²) < 4.78 is 12.5. The largest absolute Gasteiger partial charge is 0.493 e. The SMILES string of the molecule is COc1cc(CO)ccc1Oc1c(C=O)c(C)nn1C. The third-order valence-corrected chi connectivity index (χ3v) is 2.95. The summed E-state index contributed by atoms with van der Waals surface area (Å²) >= 11 is 0. The Kier molecular flexibility index (Phi) is 4.05. The van der Waals surface area contributed by atoms with E-state index in [-0.39, 0.29) is 6.61 Å². The Bertz CT molecular complexity index is 634. The Hall–Kier alpha value is -2.34. The normalized spacial score (nSPS) is 10.4. The van der Waals surface area contributed by atoms with Crippen molar-refractivity contribution < 1.29 is 19.4 Å². The van der Waals surface area contributed by atoms with Gasteiger partial charge in [0.2, 0.25) is 5.88 Å². The van der Waals surface area contributed by atoms with Gasteiger partial charge in [0, 0.05) is 7.05 Å². The maximum Gasteiger partial charge on any atom is 0.228 e. The number of nitrogens with zero attached hydrogens (tertiary/aromatic N) is 2. The van der Waals surface area contributed by atoms with Crippen molar-refractivity contribution in [1.82, 2.24) is 9.78 Å². The van der Waals surface area contributed by atoms with Gasteiger partial charge in [0.15, 0.2) is 17.8 Å². The van der Waals surface area contributed by atoms with Crippen molar-refractivity contribution >= 4 is 6.29 Å². The molecule has 0 saturated heterocycles. The molecule has 0 amide bonds. The van der Waals surface area contributed by atoms with E-state index in [2.05, 4.69) is 5.10 Å². The number of aliphatic hydroxyl groups excluding tert-OH is 1. The maximum atomic E-state index is 11.1. The third kappa shape index (κ3) is 2.50. The van der Waals surface area contributed by atoms with Gasteiger partial charge >= 0.3 is 0 Å². The van der Waals surface area contributed by atoms with E-state index < -0.39 is 0 Å². The first-order valence-corrected chi connectivity index (χ1v) is 6.05. The van der Waals surface area contributed by atoms with E-state index in [9.17, 15) is 4.79 Å². The van der Waals surface area contributed by atoms with Crippen LogP contribution in [0.1, 0.15) is 21.6 Å². The molecule has 6 nitrogen and oxygen atoms in total. The summed E-state index contributed by atoms with van der Waals surface area (Å²) in [6.07, 6.45) is 0.715. The Morgan fingerprint density at radius 3 is 2.75 bits per heavy atom. The van der Waals surface area contributed by atoms with Gasteiger partial charge in [-0.15, -0.1) is 0 Å². The van der Waals surface area contributed by atoms with Crippen LogP contribution in [0.2, 0.25) is 0 Å². The predicted molar refractivity (Wildman–Crippen MR) is 72.3 cm³/mol. The number of rotatable bonds is 5. The number of carbonyl (C=O) groups excluding carboxylic acids is 1. The van der Waals surface area contributed by atoms with Gasteiger partial charge in [-0.05, 0) is 24.6 Å². The number of ether oxygens (including phenoxy) is 2. The molecule has 20 heavy (non-hydrogen) atoms. The van der Waals surface area contributed by atoms with Crippen LogP contribution in [0.4, 0.5) is 0 Å². The van der Waals surface area contributed by atoms with E-state index >= 15 is 0 Å². The summed E-state index contributed by atoms with van der Waals surface area (Å²) in [5, 5.41) is 13.3. The highest BCUT2D eigenvalue weighted by atomic mass is 16.5. The van der Waals surface area contributed by atoms with Crippen LogP contribution in [-0.4, -0.2) is 28.3 Å². The van der Waals surface area contributed by atoms with Gasteiger partial charge in [0.1, 0.15) is 0 Å². The molecule has 0 aliphatic carbocycles. The van der Waals surface area contributed by atoms with Gasteiger partial charge in [0.25, 0.3) is 0 Å². The molecule has 0 atom stereocenters. The number of hydrogen-bond acceptors (Lipinski definition) is 5. The van der Waals surface area contributed by atoms with Gasteiger partial charge in [-0.25, -0.2) is 4.68 Å². The van der Waals surface area contributed by atoms with Gasteiger partial charge in [-0.2, -0.15) is 5.10 Å². The lowest BCUT2D eigenvalue weighted by atomic mass is 10.2. The van der Waals surface area contributed by atoms with Crippen LogP contribution in [0, 0.1) is 6.92 Å². The van der Waals surface area contributed by atoms with Gasteiger partial charge in [0.05, 0.1) is 25.0 Å². The molecule has 6 heteroatoms. The highest BCUT2D eigenvalue weighted by molar-refractivity contribution is 5.80. The number of carbonyl (C=O) groups is 1. The van der Waals surface area contributed by atoms with E-state index in [4.69, 9.17) is 14.6 Å². The van der Waals surface area contributed by atoms with Crippen LogP contribution in [0.25, 0.3) is 0 Å². The van der Waals surface area contributed by atoms with Crippen LogP contribution >= 0.6 is 0 Å². The maximum absolute atomic E-state index is 11.1. The van der Waals surface area contributed by atoms with Crippen molar-refractivity contribution in [1.29, 1.82) is 0 Å². The molecule has 1 aromatic carbocycles. The molecular weight excluding hydrogens is 260 g/mol. The number of aldehydes is 1. The van der Waals surface area contributed by atoms with Gasteiger partial charge in [-0.1, -0.05) is 6.07 Å². The fraction of sp³-hybridized carbons (Fsp3) is 0.286. The summed E-state index contributed by atoms with van der Waals surface area (Å²) in [7, 11) is 3.21. The highest BCUT2D eigenvalue weighted by Gasteiger charge is 2.16. The van der Waals surface area contributed by atoms with Crippen molar-refractivity contribution in [3.63, 3.8) is 0 Å². The zero-order valence-electron chi connectivity index (χ0n) is 11.6. The van der Waals surface area contributed by atoms with Crippen LogP contribution in [0.5, 0.6) is 17.4 Å². The van der Waals surface area contributed by atoms with Crippen LogP contribution in [0.3, 0.4) is 0 Å². The summed E-state index contributed by atoms with van der Waals surface area (Å²) in [5.74, 6) is 1.29. The van der Waals surface area contributed by atoms with Gasteiger partial charge in [-0.3, -0.25) is 4.79 Å². The highest BCUT2D eigenvalue weighted by Crippen LogP contribution is 2.34. The average molecular weight is 276 g/mol. The summed E-state index contributed by atoms with van der Waals surface area (Å²) in [6, 6.07) is 5.09. The monoisotopic (exact) mass is 276 g/mol. The first-order valence-electron chi connectivity index (χ1n) is 6.05. The van der Waals surface area contributed by atoms with E-state index in [0.29, 0.717) is 40.5 Å². The number of aromatic nitrogens is 2. The molecule has 2 aromatic rings. The molecule has 1 aromatic heterocycles. The minimum atomic E-state index is -0.0823. The van der Waals surface area contributed by atoms with E-state index in [1.54, 1.807) is 32.2 Å². The Labute approximate surface area is 116 Å². The van der Waals surface area contributed by atoms with Crippen LogP contribution < -0.4 is 9.47 Å². The number of benzene rings is 1. The molecule has 0 unspecified atom stereocenters. The molecule has 1 heterocycles. The Morgan fingerprint density at radius 2 is 2.15 bits per heavy atom. The van der Waals surface area contributed by atoms with E-state index in [1.807, 2.05) is 0 Å². The molecular formula is C14H16N2O4. The average Bonchev–Trinajstić information content (AvgIpc) is 2.73. The Balaban J connectivity index is 2.42. The van der Waals surface area contributed by atoms with Crippen molar-refractivity contribution in [3.8, 4) is 17.4 Å². The fourth-order valence-corrected chi connectivity index (χ4v) is 1.91. The van der Waals surface area contributed by atoms with E-state index in [0.717, 1.165) is 0 Å². The van der Waals surface area contributed by atoms with Crippen molar-refractivity contribution in [2.45, 2.75) is 13.5 Å². The first kappa shape index (κ1) is 14.1. The third-order valence-electron chi connectivity index (χ3n) is 2.95. The zero-order chi connectivity index (χ0) is 14.7. The quantitative estimate of drug-likeness (QED) is 0.843. The van der Waals surface area contributed by atoms with Crippen LogP contribution in [0.15, 0.2) is 18.2 Å². The minimum absolute atomic E-state index is 0.0823. The first-order chi connectivity index (χ1) is 9.60. The fourth-order valence-electron chi connectivity index (χ4n) is 1.91. The van der Waals surface area contributed by atoms with Crippen molar-refractivity contribution in [2.24, 2.45) is 7.05 Å².